The molecule has 0 unspecified atom stereocenters. The van der Waals surface area contributed by atoms with Crippen molar-refractivity contribution >= 4 is 39.5 Å². The zero-order valence-electron chi connectivity index (χ0n) is 16.3. The first-order valence-corrected chi connectivity index (χ1v) is 10.4. The van der Waals surface area contributed by atoms with Crippen molar-refractivity contribution < 1.29 is 28.3 Å². The van der Waals surface area contributed by atoms with Crippen LogP contribution in [0.15, 0.2) is 40.9 Å². The molecule has 3 rings (SSSR count). The van der Waals surface area contributed by atoms with Crippen LogP contribution >= 0.6 is 15.9 Å². The van der Waals surface area contributed by atoms with E-state index >= 15 is 0 Å². The summed E-state index contributed by atoms with van der Waals surface area (Å²) in [7, 11) is 0. The fourth-order valence-electron chi connectivity index (χ4n) is 3.41. The van der Waals surface area contributed by atoms with Gasteiger partial charge < -0.3 is 20.6 Å². The van der Waals surface area contributed by atoms with Crippen LogP contribution in [0.3, 0.4) is 0 Å². The summed E-state index contributed by atoms with van der Waals surface area (Å²) < 4.78 is 27.6. The standard InChI is InChI=1S/C21H20BrF2N3O4/c22-13-3-6-18(26-20(29)15-5-4-14(23)9-17(15)24)16(8-13)19(28)25-10-12-2-1-7-27(11-12)21(30)31/h3-6,8-9,12H,1-2,7,10-11H2,(H,25,28)(H,26,29)(H,30,31)/t12-/m1/s1. The molecule has 0 radical (unpaired) electrons. The van der Waals surface area contributed by atoms with Crippen LogP contribution in [0, 0.1) is 17.6 Å². The molecule has 7 nitrogen and oxygen atoms in total. The summed E-state index contributed by atoms with van der Waals surface area (Å²) >= 11 is 3.28. The zero-order chi connectivity index (χ0) is 22.5. The second-order valence-corrected chi connectivity index (χ2v) is 8.13. The predicted molar refractivity (Wildman–Crippen MR) is 113 cm³/mol. The molecule has 1 saturated heterocycles. The van der Waals surface area contributed by atoms with Crippen molar-refractivity contribution in [2.75, 3.05) is 25.0 Å². The summed E-state index contributed by atoms with van der Waals surface area (Å²) in [6, 6.07) is 7.21. The highest BCUT2D eigenvalue weighted by atomic mass is 79.9. The number of likely N-dealkylation sites (tertiary alicyclic amines) is 1. The number of hydrogen-bond acceptors (Lipinski definition) is 3. The van der Waals surface area contributed by atoms with Gasteiger partial charge in [-0.3, -0.25) is 9.59 Å². The second-order valence-electron chi connectivity index (χ2n) is 7.22. The van der Waals surface area contributed by atoms with Gasteiger partial charge in [0.15, 0.2) is 0 Å². The number of amides is 3. The van der Waals surface area contributed by atoms with Crippen molar-refractivity contribution in [3.05, 3.63) is 63.6 Å². The van der Waals surface area contributed by atoms with Gasteiger partial charge in [0.1, 0.15) is 11.6 Å². The molecule has 1 fully saturated rings. The number of rotatable bonds is 5. The lowest BCUT2D eigenvalue weighted by atomic mass is 9.98. The summed E-state index contributed by atoms with van der Waals surface area (Å²) in [5.41, 5.74) is -0.0481. The van der Waals surface area contributed by atoms with Gasteiger partial charge in [-0.15, -0.1) is 0 Å². The van der Waals surface area contributed by atoms with E-state index in [2.05, 4.69) is 26.6 Å². The van der Waals surface area contributed by atoms with Gasteiger partial charge in [0.25, 0.3) is 11.8 Å². The van der Waals surface area contributed by atoms with Crippen LogP contribution in [-0.2, 0) is 0 Å². The molecule has 0 spiro atoms. The van der Waals surface area contributed by atoms with Crippen molar-refractivity contribution in [3.63, 3.8) is 0 Å². The molecule has 164 valence electrons. The lowest BCUT2D eigenvalue weighted by Crippen LogP contribution is -2.43. The predicted octanol–water partition coefficient (Wildman–Crippen LogP) is 4.10. The molecule has 2 aromatic rings. The minimum absolute atomic E-state index is 0.0210. The van der Waals surface area contributed by atoms with Crippen molar-refractivity contribution in [1.82, 2.24) is 10.2 Å². The molecule has 0 bridgehead atoms. The Kier molecular flexibility index (Phi) is 7.21. The third kappa shape index (κ3) is 5.78. The summed E-state index contributed by atoms with van der Waals surface area (Å²) in [5.74, 6) is -3.13. The van der Waals surface area contributed by atoms with E-state index in [1.807, 2.05) is 0 Å². The Morgan fingerprint density at radius 1 is 1.10 bits per heavy atom. The fourth-order valence-corrected chi connectivity index (χ4v) is 3.78. The Bertz CT molecular complexity index is 1020. The lowest BCUT2D eigenvalue weighted by Gasteiger charge is -2.30. The summed E-state index contributed by atoms with van der Waals surface area (Å²) in [6.07, 6.45) is 0.519. The molecule has 3 amide bonds. The quantitative estimate of drug-likeness (QED) is 0.581. The van der Waals surface area contributed by atoms with Crippen LogP contribution in [0.25, 0.3) is 0 Å². The summed E-state index contributed by atoms with van der Waals surface area (Å²) in [4.78, 5) is 37.7. The van der Waals surface area contributed by atoms with Gasteiger partial charge >= 0.3 is 6.09 Å². The van der Waals surface area contributed by atoms with Gasteiger partial charge in [-0.2, -0.15) is 0 Å². The summed E-state index contributed by atoms with van der Waals surface area (Å²) in [6.45, 7) is 1.08. The van der Waals surface area contributed by atoms with Crippen LogP contribution in [0.2, 0.25) is 0 Å². The number of piperidine rings is 1. The molecule has 3 N–H and O–H groups in total. The first kappa shape index (κ1) is 22.7. The molecule has 31 heavy (non-hydrogen) atoms. The van der Waals surface area contributed by atoms with Crippen molar-refractivity contribution in [1.29, 1.82) is 0 Å². The van der Waals surface area contributed by atoms with E-state index in [1.165, 1.54) is 17.0 Å². The summed E-state index contributed by atoms with van der Waals surface area (Å²) in [5, 5.41) is 14.4. The number of carboxylic acid groups (broad SMARTS) is 1. The maximum Gasteiger partial charge on any atom is 0.407 e. The van der Waals surface area contributed by atoms with Crippen LogP contribution in [0.4, 0.5) is 19.3 Å². The van der Waals surface area contributed by atoms with E-state index in [-0.39, 0.29) is 29.3 Å². The average Bonchev–Trinajstić information content (AvgIpc) is 2.73. The third-order valence-electron chi connectivity index (χ3n) is 4.99. The van der Waals surface area contributed by atoms with E-state index in [4.69, 9.17) is 5.11 Å². The molecule has 1 aliphatic rings. The third-order valence-corrected chi connectivity index (χ3v) is 5.48. The van der Waals surface area contributed by atoms with E-state index in [1.54, 1.807) is 6.07 Å². The topological polar surface area (TPSA) is 98.7 Å². The van der Waals surface area contributed by atoms with Gasteiger partial charge in [0.2, 0.25) is 0 Å². The molecule has 2 aromatic carbocycles. The Labute approximate surface area is 185 Å². The number of benzene rings is 2. The Morgan fingerprint density at radius 2 is 1.87 bits per heavy atom. The maximum absolute atomic E-state index is 13.9. The molecule has 0 saturated carbocycles. The minimum atomic E-state index is -1.01. The van der Waals surface area contributed by atoms with Crippen molar-refractivity contribution in [2.24, 2.45) is 5.92 Å². The largest absolute Gasteiger partial charge is 0.465 e. The minimum Gasteiger partial charge on any atom is -0.465 e. The molecular formula is C21H20BrF2N3O4. The van der Waals surface area contributed by atoms with E-state index in [0.717, 1.165) is 18.6 Å². The molecule has 1 atom stereocenters. The number of nitrogens with one attached hydrogen (secondary N) is 2. The number of nitrogens with zero attached hydrogens (tertiary/aromatic N) is 1. The lowest BCUT2D eigenvalue weighted by molar-refractivity contribution is 0.0929. The van der Waals surface area contributed by atoms with E-state index in [9.17, 15) is 23.2 Å². The van der Waals surface area contributed by atoms with Gasteiger partial charge in [-0.05, 0) is 49.1 Å². The average molecular weight is 496 g/mol. The van der Waals surface area contributed by atoms with Gasteiger partial charge in [-0.25, -0.2) is 13.6 Å². The number of halogens is 3. The SMILES string of the molecule is O=C(Nc1ccc(Br)cc1C(=O)NC[C@H]1CCCN(C(=O)O)C1)c1ccc(F)cc1F. The highest BCUT2D eigenvalue weighted by Crippen LogP contribution is 2.23. The first-order chi connectivity index (χ1) is 14.7. The monoisotopic (exact) mass is 495 g/mol. The van der Waals surface area contributed by atoms with E-state index < -0.39 is 29.5 Å². The zero-order valence-corrected chi connectivity index (χ0v) is 17.9. The molecular weight excluding hydrogens is 476 g/mol. The normalized spacial score (nSPS) is 16.0. The Balaban J connectivity index is 1.71. The van der Waals surface area contributed by atoms with Crippen LogP contribution in [-0.4, -0.2) is 47.5 Å². The molecule has 0 aliphatic carbocycles. The van der Waals surface area contributed by atoms with Crippen molar-refractivity contribution in [2.45, 2.75) is 12.8 Å². The Hall–Kier alpha value is -3.01. The van der Waals surface area contributed by atoms with Gasteiger partial charge in [-0.1, -0.05) is 15.9 Å². The molecule has 10 heteroatoms. The number of carbonyl (C=O) groups excluding carboxylic acids is 2. The smallest absolute Gasteiger partial charge is 0.407 e. The Morgan fingerprint density at radius 3 is 2.58 bits per heavy atom. The van der Waals surface area contributed by atoms with Gasteiger partial charge in [0, 0.05) is 30.2 Å². The van der Waals surface area contributed by atoms with Crippen LogP contribution in [0.5, 0.6) is 0 Å². The van der Waals surface area contributed by atoms with Crippen LogP contribution < -0.4 is 10.6 Å². The molecule has 1 aliphatic heterocycles. The van der Waals surface area contributed by atoms with Crippen LogP contribution in [0.1, 0.15) is 33.6 Å². The number of hydrogen-bond donors (Lipinski definition) is 3. The molecule has 1 heterocycles. The fraction of sp³-hybridized carbons (Fsp3) is 0.286. The highest BCUT2D eigenvalue weighted by molar-refractivity contribution is 9.10. The van der Waals surface area contributed by atoms with Gasteiger partial charge in [0.05, 0.1) is 16.8 Å². The van der Waals surface area contributed by atoms with Crippen molar-refractivity contribution in [3.8, 4) is 0 Å². The highest BCUT2D eigenvalue weighted by Gasteiger charge is 2.24. The maximum atomic E-state index is 13.9. The molecule has 0 aromatic heterocycles. The number of carbonyl (C=O) groups is 3. The van der Waals surface area contributed by atoms with E-state index in [0.29, 0.717) is 30.0 Å². The first-order valence-electron chi connectivity index (χ1n) is 9.56. The second kappa shape index (κ2) is 9.86. The number of anilines is 1.